The van der Waals surface area contributed by atoms with Crippen LogP contribution in [0.5, 0.6) is 5.75 Å². The van der Waals surface area contributed by atoms with Gasteiger partial charge in [-0.05, 0) is 23.8 Å². The molecule has 1 aromatic carbocycles. The molecule has 0 saturated heterocycles. The average Bonchev–Trinajstić information content (AvgIpc) is 2.45. The van der Waals surface area contributed by atoms with Crippen LogP contribution in [0, 0.1) is 0 Å². The summed E-state index contributed by atoms with van der Waals surface area (Å²) in [5, 5.41) is 2.74. The largest absolute Gasteiger partial charge is 0.482 e. The van der Waals surface area contributed by atoms with Crippen LogP contribution in [-0.4, -0.2) is 22.5 Å². The predicted octanol–water partition coefficient (Wildman–Crippen LogP) is 1.27. The molecule has 1 amide bonds. The van der Waals surface area contributed by atoms with Crippen LogP contribution in [0.4, 0.5) is 5.69 Å². The number of carbonyl (C=O) groups excluding carboxylic acids is 1. The number of H-pyrrole nitrogens is 1. The van der Waals surface area contributed by atoms with Gasteiger partial charge in [-0.15, -0.1) is 0 Å². The topological polar surface area (TPSA) is 84.1 Å². The standard InChI is InChI=1S/C14H11N3O3/c18-13-5-6-15-12(17-13)4-2-9-1-3-11-10(7-9)16-14(19)8-20-11/h1-7H,8H2,(H,16,19)(H,15,17,18)/b4-2+. The number of hydrogen-bond donors (Lipinski definition) is 2. The molecule has 1 aromatic heterocycles. The first-order valence-corrected chi connectivity index (χ1v) is 6.01. The second-order valence-electron chi connectivity index (χ2n) is 4.25. The third-order valence-electron chi connectivity index (χ3n) is 2.76. The van der Waals surface area contributed by atoms with E-state index in [2.05, 4.69) is 15.3 Å². The van der Waals surface area contributed by atoms with Crippen molar-refractivity contribution in [3.63, 3.8) is 0 Å². The van der Waals surface area contributed by atoms with Crippen molar-refractivity contribution < 1.29 is 9.53 Å². The number of nitrogens with zero attached hydrogens (tertiary/aromatic N) is 1. The van der Waals surface area contributed by atoms with Gasteiger partial charge in [0.25, 0.3) is 11.5 Å². The number of benzene rings is 1. The monoisotopic (exact) mass is 269 g/mol. The van der Waals surface area contributed by atoms with Crippen molar-refractivity contribution in [1.29, 1.82) is 0 Å². The fraction of sp³-hybridized carbons (Fsp3) is 0.0714. The number of anilines is 1. The van der Waals surface area contributed by atoms with E-state index in [0.29, 0.717) is 17.3 Å². The maximum Gasteiger partial charge on any atom is 0.262 e. The Balaban J connectivity index is 1.86. The first-order valence-electron chi connectivity index (χ1n) is 6.01. The van der Waals surface area contributed by atoms with Crippen LogP contribution in [0.25, 0.3) is 12.2 Å². The summed E-state index contributed by atoms with van der Waals surface area (Å²) in [6, 6.07) is 6.79. The van der Waals surface area contributed by atoms with Crippen molar-refractivity contribution in [2.75, 3.05) is 11.9 Å². The summed E-state index contributed by atoms with van der Waals surface area (Å²) in [6.45, 7) is 0.0390. The van der Waals surface area contributed by atoms with Gasteiger partial charge in [-0.1, -0.05) is 12.1 Å². The molecule has 100 valence electrons. The Morgan fingerprint density at radius 1 is 1.20 bits per heavy atom. The molecule has 0 atom stereocenters. The summed E-state index contributed by atoms with van der Waals surface area (Å²) in [5.74, 6) is 0.941. The lowest BCUT2D eigenvalue weighted by Gasteiger charge is -2.17. The molecule has 0 bridgehead atoms. The Labute approximate surface area is 114 Å². The van der Waals surface area contributed by atoms with E-state index in [1.165, 1.54) is 12.3 Å². The molecule has 0 saturated carbocycles. The third kappa shape index (κ3) is 2.59. The Morgan fingerprint density at radius 3 is 2.95 bits per heavy atom. The van der Waals surface area contributed by atoms with Gasteiger partial charge in [-0.2, -0.15) is 0 Å². The van der Waals surface area contributed by atoms with E-state index in [9.17, 15) is 9.59 Å². The van der Waals surface area contributed by atoms with Crippen molar-refractivity contribution in [3.05, 3.63) is 52.2 Å². The van der Waals surface area contributed by atoms with Crippen LogP contribution in [0.15, 0.2) is 35.3 Å². The van der Waals surface area contributed by atoms with Gasteiger partial charge >= 0.3 is 0 Å². The lowest BCUT2D eigenvalue weighted by molar-refractivity contribution is -0.118. The molecular weight excluding hydrogens is 258 g/mol. The number of carbonyl (C=O) groups is 1. The van der Waals surface area contributed by atoms with Crippen LogP contribution in [0.1, 0.15) is 11.4 Å². The molecule has 0 unspecified atom stereocenters. The number of fused-ring (bicyclic) bond motifs is 1. The normalized spacial score (nSPS) is 13.7. The molecule has 1 aliphatic rings. The van der Waals surface area contributed by atoms with E-state index >= 15 is 0 Å². The van der Waals surface area contributed by atoms with Crippen LogP contribution >= 0.6 is 0 Å². The van der Waals surface area contributed by atoms with Gasteiger partial charge in [-0.25, -0.2) is 4.98 Å². The van der Waals surface area contributed by atoms with E-state index in [-0.39, 0.29) is 18.1 Å². The highest BCUT2D eigenvalue weighted by molar-refractivity contribution is 5.95. The number of aromatic nitrogens is 2. The molecular formula is C14H11N3O3. The zero-order valence-corrected chi connectivity index (χ0v) is 10.4. The van der Waals surface area contributed by atoms with Crippen molar-refractivity contribution in [2.24, 2.45) is 0 Å². The first-order chi connectivity index (χ1) is 9.70. The van der Waals surface area contributed by atoms with Crippen molar-refractivity contribution >= 4 is 23.7 Å². The number of aromatic amines is 1. The van der Waals surface area contributed by atoms with E-state index in [0.717, 1.165) is 5.56 Å². The molecule has 2 N–H and O–H groups in total. The molecule has 0 fully saturated rings. The van der Waals surface area contributed by atoms with E-state index in [1.54, 1.807) is 24.3 Å². The fourth-order valence-corrected chi connectivity index (χ4v) is 1.85. The van der Waals surface area contributed by atoms with Crippen molar-refractivity contribution in [1.82, 2.24) is 9.97 Å². The highest BCUT2D eigenvalue weighted by Gasteiger charge is 2.15. The summed E-state index contributed by atoms with van der Waals surface area (Å²) in [4.78, 5) is 29.0. The second-order valence-corrected chi connectivity index (χ2v) is 4.25. The lowest BCUT2D eigenvalue weighted by atomic mass is 10.1. The highest BCUT2D eigenvalue weighted by atomic mass is 16.5. The van der Waals surface area contributed by atoms with Crippen LogP contribution in [0.3, 0.4) is 0 Å². The smallest absolute Gasteiger partial charge is 0.262 e. The van der Waals surface area contributed by atoms with E-state index in [1.807, 2.05) is 6.07 Å². The quantitative estimate of drug-likeness (QED) is 0.860. The Bertz CT molecular complexity index is 749. The number of rotatable bonds is 2. The van der Waals surface area contributed by atoms with Gasteiger partial charge < -0.3 is 15.0 Å². The lowest BCUT2D eigenvalue weighted by Crippen LogP contribution is -2.25. The molecule has 1 aliphatic heterocycles. The maximum absolute atomic E-state index is 11.3. The Kier molecular flexibility index (Phi) is 3.04. The molecule has 6 nitrogen and oxygen atoms in total. The summed E-state index contributed by atoms with van der Waals surface area (Å²) < 4.78 is 5.27. The molecule has 2 heterocycles. The molecule has 20 heavy (non-hydrogen) atoms. The molecule has 6 heteroatoms. The number of hydrogen-bond acceptors (Lipinski definition) is 4. The van der Waals surface area contributed by atoms with Gasteiger partial charge in [-0.3, -0.25) is 9.59 Å². The highest BCUT2D eigenvalue weighted by Crippen LogP contribution is 2.28. The predicted molar refractivity (Wildman–Crippen MR) is 74.4 cm³/mol. The minimum atomic E-state index is -0.203. The number of ether oxygens (including phenoxy) is 1. The average molecular weight is 269 g/mol. The molecule has 0 aliphatic carbocycles. The summed E-state index contributed by atoms with van der Waals surface area (Å²) in [5.41, 5.74) is 1.30. The fourth-order valence-electron chi connectivity index (χ4n) is 1.85. The van der Waals surface area contributed by atoms with Gasteiger partial charge in [0.05, 0.1) is 5.69 Å². The Hall–Kier alpha value is -2.89. The summed E-state index contributed by atoms with van der Waals surface area (Å²) >= 11 is 0. The van der Waals surface area contributed by atoms with Crippen molar-refractivity contribution in [2.45, 2.75) is 0 Å². The van der Waals surface area contributed by atoms with Gasteiger partial charge in [0.1, 0.15) is 11.6 Å². The zero-order chi connectivity index (χ0) is 13.9. The van der Waals surface area contributed by atoms with Crippen LogP contribution in [-0.2, 0) is 4.79 Å². The van der Waals surface area contributed by atoms with Gasteiger partial charge in [0.2, 0.25) is 0 Å². The third-order valence-corrected chi connectivity index (χ3v) is 2.76. The zero-order valence-electron chi connectivity index (χ0n) is 10.4. The van der Waals surface area contributed by atoms with Crippen molar-refractivity contribution in [3.8, 4) is 5.75 Å². The Morgan fingerprint density at radius 2 is 2.10 bits per heavy atom. The number of nitrogens with one attached hydrogen (secondary N) is 2. The maximum atomic E-state index is 11.3. The molecule has 0 spiro atoms. The van der Waals surface area contributed by atoms with Crippen LogP contribution in [0.2, 0.25) is 0 Å². The minimum Gasteiger partial charge on any atom is -0.482 e. The number of amides is 1. The minimum absolute atomic E-state index is 0.0390. The van der Waals surface area contributed by atoms with Gasteiger partial charge in [0, 0.05) is 12.3 Å². The first kappa shape index (κ1) is 12.2. The summed E-state index contributed by atoms with van der Waals surface area (Å²) in [7, 11) is 0. The molecule has 2 aromatic rings. The molecule has 0 radical (unpaired) electrons. The summed E-state index contributed by atoms with van der Waals surface area (Å²) in [6.07, 6.45) is 4.92. The van der Waals surface area contributed by atoms with Crippen LogP contribution < -0.4 is 15.6 Å². The van der Waals surface area contributed by atoms with E-state index in [4.69, 9.17) is 4.74 Å². The SMILES string of the molecule is O=C1COc2ccc(/C=C/c3nccc(=O)[nH]3)cc2N1. The second kappa shape index (κ2) is 5.00. The molecule has 3 rings (SSSR count). The van der Waals surface area contributed by atoms with E-state index < -0.39 is 0 Å². The van der Waals surface area contributed by atoms with Gasteiger partial charge in [0.15, 0.2) is 6.61 Å².